The highest BCUT2D eigenvalue weighted by Crippen LogP contribution is 2.31. The Kier molecular flexibility index (Phi) is 8.47. The monoisotopic (exact) mass is 574 g/mol. The molecule has 42 heavy (non-hydrogen) atoms. The highest BCUT2D eigenvalue weighted by Gasteiger charge is 2.31. The number of fused-ring (bicyclic) bond motifs is 1. The molecule has 5 aromatic rings. The van der Waals surface area contributed by atoms with Gasteiger partial charge < -0.3 is 18.8 Å². The van der Waals surface area contributed by atoms with E-state index in [1.54, 1.807) is 19.1 Å². The minimum absolute atomic E-state index is 0.198. The van der Waals surface area contributed by atoms with Crippen molar-refractivity contribution < 1.29 is 32.2 Å². The van der Waals surface area contributed by atoms with Crippen LogP contribution < -0.4 is 9.47 Å². The van der Waals surface area contributed by atoms with Crippen LogP contribution >= 0.6 is 0 Å². The molecule has 0 bridgehead atoms. The molecular weight excluding hydrogens is 545 g/mol. The summed E-state index contributed by atoms with van der Waals surface area (Å²) in [7, 11) is 0. The van der Waals surface area contributed by atoms with Crippen molar-refractivity contribution in [3.8, 4) is 22.9 Å². The van der Waals surface area contributed by atoms with Gasteiger partial charge in [-0.2, -0.15) is 0 Å². The van der Waals surface area contributed by atoms with Crippen molar-refractivity contribution in [2.45, 2.75) is 39.8 Å². The first-order chi connectivity index (χ1) is 20.2. The summed E-state index contributed by atoms with van der Waals surface area (Å²) in [5.41, 5.74) is 6.00. The topological polar surface area (TPSA) is 62.6 Å². The van der Waals surface area contributed by atoms with Crippen molar-refractivity contribution in [2.24, 2.45) is 0 Å². The summed E-state index contributed by atoms with van der Waals surface area (Å²) in [5.74, 6) is 0.721. The molecule has 0 fully saturated rings. The summed E-state index contributed by atoms with van der Waals surface area (Å²) < 4.78 is 55.4. The molecule has 0 aliphatic rings. The van der Waals surface area contributed by atoms with Crippen molar-refractivity contribution >= 4 is 17.0 Å². The van der Waals surface area contributed by atoms with Crippen LogP contribution in [0.15, 0.2) is 91.0 Å². The minimum Gasteiger partial charge on any atom is -0.489 e. The maximum atomic E-state index is 12.7. The van der Waals surface area contributed by atoms with Crippen molar-refractivity contribution in [2.75, 3.05) is 6.61 Å². The molecule has 0 amide bonds. The molecule has 0 saturated heterocycles. The molecule has 0 saturated carbocycles. The van der Waals surface area contributed by atoms with Gasteiger partial charge in [0.05, 0.1) is 30.6 Å². The number of carbonyl (C=O) groups is 1. The lowest BCUT2D eigenvalue weighted by atomic mass is 10.0. The summed E-state index contributed by atoms with van der Waals surface area (Å²) in [6.07, 6.45) is -4.57. The van der Waals surface area contributed by atoms with Gasteiger partial charge in [0.2, 0.25) is 0 Å². The highest BCUT2D eigenvalue weighted by atomic mass is 19.4. The molecule has 0 N–H and O–H groups in total. The van der Waals surface area contributed by atoms with Crippen molar-refractivity contribution in [3.05, 3.63) is 113 Å². The van der Waals surface area contributed by atoms with Crippen molar-refractivity contribution in [1.82, 2.24) is 9.55 Å². The molecule has 0 atom stereocenters. The maximum absolute atomic E-state index is 12.7. The van der Waals surface area contributed by atoms with Crippen LogP contribution in [-0.2, 0) is 29.1 Å². The molecule has 1 aromatic heterocycles. The molecule has 216 valence electrons. The number of carbonyl (C=O) groups excluding carboxylic acids is 1. The average Bonchev–Trinajstić information content (AvgIpc) is 3.32. The van der Waals surface area contributed by atoms with Crippen molar-refractivity contribution in [1.29, 1.82) is 0 Å². The van der Waals surface area contributed by atoms with E-state index in [0.717, 1.165) is 33.3 Å². The van der Waals surface area contributed by atoms with E-state index in [4.69, 9.17) is 14.5 Å². The van der Waals surface area contributed by atoms with E-state index in [1.807, 2.05) is 78.2 Å². The number of nitrogens with zero attached hydrogens (tertiary/aromatic N) is 2. The van der Waals surface area contributed by atoms with Gasteiger partial charge in [-0.3, -0.25) is 4.79 Å². The molecule has 5 rings (SSSR count). The lowest BCUT2D eigenvalue weighted by Crippen LogP contribution is -2.17. The molecule has 4 aromatic carbocycles. The predicted octanol–water partition coefficient (Wildman–Crippen LogP) is 7.64. The Morgan fingerprint density at radius 3 is 2.40 bits per heavy atom. The van der Waals surface area contributed by atoms with Gasteiger partial charge in [0.25, 0.3) is 0 Å². The van der Waals surface area contributed by atoms with E-state index in [9.17, 15) is 18.0 Å². The van der Waals surface area contributed by atoms with Crippen LogP contribution in [0.5, 0.6) is 11.5 Å². The standard InChI is InChI=1S/C33H29F3N2O4/c1-3-40-31(39)19-26-18-23(13-12-22(26)2)21-41-30-11-7-4-8-25(30)20-38-29-10-6-5-9-28(29)37-32(38)24-14-16-27(17-15-24)42-33(34,35)36/h4-18H,3,19-21H2,1-2H3. The Hall–Kier alpha value is -4.79. The number of ether oxygens (including phenoxy) is 3. The van der Waals surface area contributed by atoms with Crippen LogP contribution in [0.1, 0.15) is 29.2 Å². The van der Waals surface area contributed by atoms with E-state index >= 15 is 0 Å². The summed E-state index contributed by atoms with van der Waals surface area (Å²) in [5, 5.41) is 0. The fourth-order valence-electron chi connectivity index (χ4n) is 4.74. The van der Waals surface area contributed by atoms with E-state index in [0.29, 0.717) is 36.9 Å². The Balaban J connectivity index is 1.41. The molecular formula is C33H29F3N2O4. The number of hydrogen-bond acceptors (Lipinski definition) is 5. The van der Waals surface area contributed by atoms with Crippen molar-refractivity contribution in [3.63, 3.8) is 0 Å². The van der Waals surface area contributed by atoms with Gasteiger partial charge >= 0.3 is 12.3 Å². The van der Waals surface area contributed by atoms with E-state index in [2.05, 4.69) is 4.74 Å². The van der Waals surface area contributed by atoms with Crippen LogP contribution in [0.25, 0.3) is 22.4 Å². The molecule has 0 unspecified atom stereocenters. The molecule has 0 radical (unpaired) electrons. The zero-order valence-corrected chi connectivity index (χ0v) is 23.1. The highest BCUT2D eigenvalue weighted by molar-refractivity contribution is 5.81. The maximum Gasteiger partial charge on any atom is 0.573 e. The van der Waals surface area contributed by atoms with Crippen LogP contribution in [0.2, 0.25) is 0 Å². The number of benzene rings is 4. The van der Waals surface area contributed by atoms with Gasteiger partial charge in [-0.15, -0.1) is 13.2 Å². The molecule has 0 aliphatic heterocycles. The average molecular weight is 575 g/mol. The molecule has 0 aliphatic carbocycles. The number of hydrogen-bond donors (Lipinski definition) is 0. The third-order valence-corrected chi connectivity index (χ3v) is 6.75. The number of alkyl halides is 3. The third kappa shape index (κ3) is 6.91. The van der Waals surface area contributed by atoms with Gasteiger partial charge in [-0.05, 0) is 73.0 Å². The second-order valence-electron chi connectivity index (χ2n) is 9.72. The Labute approximate surface area is 241 Å². The molecule has 9 heteroatoms. The van der Waals surface area contributed by atoms with Crippen LogP contribution in [0, 0.1) is 6.92 Å². The summed E-state index contributed by atoms with van der Waals surface area (Å²) in [6, 6.07) is 26.9. The number of rotatable bonds is 10. The van der Waals surface area contributed by atoms with E-state index in [-0.39, 0.29) is 18.1 Å². The Morgan fingerprint density at radius 1 is 0.905 bits per heavy atom. The second kappa shape index (κ2) is 12.4. The second-order valence-corrected chi connectivity index (χ2v) is 9.72. The number of aryl methyl sites for hydroxylation is 1. The fourth-order valence-corrected chi connectivity index (χ4v) is 4.74. The molecule has 0 spiro atoms. The van der Waals surface area contributed by atoms with Gasteiger partial charge in [0.15, 0.2) is 0 Å². The Bertz CT molecular complexity index is 1690. The minimum atomic E-state index is -4.76. The predicted molar refractivity (Wildman–Crippen MR) is 153 cm³/mol. The molecule has 6 nitrogen and oxygen atoms in total. The Morgan fingerprint density at radius 2 is 1.64 bits per heavy atom. The number of para-hydroxylation sites is 3. The largest absolute Gasteiger partial charge is 0.573 e. The van der Waals surface area contributed by atoms with Crippen LogP contribution in [0.3, 0.4) is 0 Å². The number of halogens is 3. The number of imidazole rings is 1. The third-order valence-electron chi connectivity index (χ3n) is 6.75. The summed E-state index contributed by atoms with van der Waals surface area (Å²) in [4.78, 5) is 16.8. The summed E-state index contributed by atoms with van der Waals surface area (Å²) >= 11 is 0. The fraction of sp³-hybridized carbons (Fsp3) is 0.212. The first-order valence-corrected chi connectivity index (χ1v) is 13.5. The van der Waals surface area contributed by atoms with Gasteiger partial charge in [0.1, 0.15) is 23.9 Å². The first-order valence-electron chi connectivity index (χ1n) is 13.5. The van der Waals surface area contributed by atoms with Gasteiger partial charge in [-0.25, -0.2) is 4.98 Å². The van der Waals surface area contributed by atoms with Gasteiger partial charge in [-0.1, -0.05) is 48.5 Å². The lowest BCUT2D eigenvalue weighted by molar-refractivity contribution is -0.274. The summed E-state index contributed by atoms with van der Waals surface area (Å²) in [6.45, 7) is 4.78. The normalized spacial score (nSPS) is 11.5. The van der Waals surface area contributed by atoms with Crippen LogP contribution in [-0.4, -0.2) is 28.5 Å². The zero-order valence-electron chi connectivity index (χ0n) is 23.1. The smallest absolute Gasteiger partial charge is 0.489 e. The van der Waals surface area contributed by atoms with E-state index < -0.39 is 6.36 Å². The van der Waals surface area contributed by atoms with Gasteiger partial charge in [0, 0.05) is 11.1 Å². The first kappa shape index (κ1) is 28.7. The van der Waals surface area contributed by atoms with Crippen LogP contribution in [0.4, 0.5) is 13.2 Å². The SMILES string of the molecule is CCOC(=O)Cc1cc(COc2ccccc2Cn2c(-c3ccc(OC(F)(F)F)cc3)nc3ccccc32)ccc1C. The van der Waals surface area contributed by atoms with E-state index in [1.165, 1.54) is 12.1 Å². The molecule has 1 heterocycles. The number of esters is 1. The quantitative estimate of drug-likeness (QED) is 0.160. The zero-order chi connectivity index (χ0) is 29.7. The number of aromatic nitrogens is 2. The lowest BCUT2D eigenvalue weighted by Gasteiger charge is -2.15.